The second-order valence-electron chi connectivity index (χ2n) is 5.14. The standard InChI is InChI=1S/C17H20FN3O2/c1-2-5-15(19)16(22)21-11-12-6-4-9-20-17(12)23-14-8-3-7-13(18)10-14/h3-4,6-10,15H,2,5,11,19H2,1H3,(H,21,22). The van der Waals surface area contributed by atoms with Crippen LogP contribution >= 0.6 is 0 Å². The summed E-state index contributed by atoms with van der Waals surface area (Å²) in [6.45, 7) is 2.22. The molecule has 0 fully saturated rings. The molecule has 2 rings (SSSR count). The largest absolute Gasteiger partial charge is 0.439 e. The van der Waals surface area contributed by atoms with E-state index in [4.69, 9.17) is 10.5 Å². The fraction of sp³-hybridized carbons (Fsp3) is 0.294. The number of hydrogen-bond acceptors (Lipinski definition) is 4. The van der Waals surface area contributed by atoms with Gasteiger partial charge in [-0.05, 0) is 24.6 Å². The van der Waals surface area contributed by atoms with Gasteiger partial charge in [0.2, 0.25) is 11.8 Å². The number of aromatic nitrogens is 1. The Balaban J connectivity index is 2.04. The smallest absolute Gasteiger partial charge is 0.237 e. The average Bonchev–Trinajstić information content (AvgIpc) is 2.54. The highest BCUT2D eigenvalue weighted by molar-refractivity contribution is 5.81. The van der Waals surface area contributed by atoms with Crippen molar-refractivity contribution in [2.45, 2.75) is 32.4 Å². The summed E-state index contributed by atoms with van der Waals surface area (Å²) in [5.74, 6) is 0.0626. The molecule has 0 saturated carbocycles. The van der Waals surface area contributed by atoms with E-state index in [9.17, 15) is 9.18 Å². The summed E-state index contributed by atoms with van der Waals surface area (Å²) in [7, 11) is 0. The van der Waals surface area contributed by atoms with Gasteiger partial charge in [-0.1, -0.05) is 25.5 Å². The molecule has 3 N–H and O–H groups in total. The first kappa shape index (κ1) is 16.9. The summed E-state index contributed by atoms with van der Waals surface area (Å²) in [5.41, 5.74) is 6.46. The molecule has 6 heteroatoms. The first-order valence-electron chi connectivity index (χ1n) is 7.50. The molecule has 0 aliphatic heterocycles. The molecule has 23 heavy (non-hydrogen) atoms. The van der Waals surface area contributed by atoms with Crippen LogP contribution in [0.4, 0.5) is 4.39 Å². The second-order valence-corrected chi connectivity index (χ2v) is 5.14. The molecule has 122 valence electrons. The first-order valence-corrected chi connectivity index (χ1v) is 7.50. The molecule has 1 heterocycles. The Morgan fingerprint density at radius 2 is 2.22 bits per heavy atom. The van der Waals surface area contributed by atoms with E-state index in [1.165, 1.54) is 12.1 Å². The molecule has 0 saturated heterocycles. The summed E-state index contributed by atoms with van der Waals surface area (Å²) in [4.78, 5) is 16.0. The maximum Gasteiger partial charge on any atom is 0.237 e. The van der Waals surface area contributed by atoms with Gasteiger partial charge in [0, 0.05) is 24.4 Å². The van der Waals surface area contributed by atoms with E-state index in [0.717, 1.165) is 6.42 Å². The number of benzene rings is 1. The molecule has 1 aromatic heterocycles. The fourth-order valence-electron chi connectivity index (χ4n) is 2.05. The van der Waals surface area contributed by atoms with E-state index >= 15 is 0 Å². The fourth-order valence-corrected chi connectivity index (χ4v) is 2.05. The molecule has 0 spiro atoms. The lowest BCUT2D eigenvalue weighted by Crippen LogP contribution is -2.40. The van der Waals surface area contributed by atoms with Crippen LogP contribution in [0.25, 0.3) is 0 Å². The van der Waals surface area contributed by atoms with Gasteiger partial charge >= 0.3 is 0 Å². The molecule has 5 nitrogen and oxygen atoms in total. The number of hydrogen-bond donors (Lipinski definition) is 2. The van der Waals surface area contributed by atoms with Crippen LogP contribution < -0.4 is 15.8 Å². The monoisotopic (exact) mass is 317 g/mol. The van der Waals surface area contributed by atoms with Crippen molar-refractivity contribution in [2.75, 3.05) is 0 Å². The number of nitrogens with two attached hydrogens (primary N) is 1. The molecule has 2 aromatic rings. The predicted octanol–water partition coefficient (Wildman–Crippen LogP) is 2.76. The van der Waals surface area contributed by atoms with E-state index in [1.807, 2.05) is 6.92 Å². The van der Waals surface area contributed by atoms with Gasteiger partial charge in [0.1, 0.15) is 11.6 Å². The molecule has 0 radical (unpaired) electrons. The van der Waals surface area contributed by atoms with Crippen LogP contribution in [0, 0.1) is 5.82 Å². The highest BCUT2D eigenvalue weighted by Crippen LogP contribution is 2.23. The normalized spacial score (nSPS) is 11.8. The zero-order valence-corrected chi connectivity index (χ0v) is 13.0. The van der Waals surface area contributed by atoms with Crippen molar-refractivity contribution in [3.8, 4) is 11.6 Å². The van der Waals surface area contributed by atoms with Crippen molar-refractivity contribution in [1.29, 1.82) is 0 Å². The second kappa shape index (κ2) is 8.24. The summed E-state index contributed by atoms with van der Waals surface area (Å²) in [6, 6.07) is 8.80. The van der Waals surface area contributed by atoms with E-state index in [2.05, 4.69) is 10.3 Å². The van der Waals surface area contributed by atoms with Gasteiger partial charge in [-0.2, -0.15) is 0 Å². The van der Waals surface area contributed by atoms with Gasteiger partial charge in [0.25, 0.3) is 0 Å². The number of carbonyl (C=O) groups excluding carboxylic acids is 1. The lowest BCUT2D eigenvalue weighted by atomic mass is 10.1. The number of nitrogens with zero attached hydrogens (tertiary/aromatic N) is 1. The number of rotatable bonds is 7. The summed E-state index contributed by atoms with van der Waals surface area (Å²) in [5, 5.41) is 2.76. The summed E-state index contributed by atoms with van der Waals surface area (Å²) in [6.07, 6.45) is 3.05. The molecule has 1 atom stereocenters. The average molecular weight is 317 g/mol. The SMILES string of the molecule is CCCC(N)C(=O)NCc1cccnc1Oc1cccc(F)c1. The lowest BCUT2D eigenvalue weighted by Gasteiger charge is -2.13. The van der Waals surface area contributed by atoms with Crippen molar-refractivity contribution < 1.29 is 13.9 Å². The number of pyridine rings is 1. The molecule has 0 aliphatic rings. The van der Waals surface area contributed by atoms with Crippen LogP contribution in [0.15, 0.2) is 42.6 Å². The Morgan fingerprint density at radius 1 is 1.39 bits per heavy atom. The zero-order valence-electron chi connectivity index (χ0n) is 13.0. The molecule has 1 aromatic carbocycles. The van der Waals surface area contributed by atoms with Gasteiger partial charge in [-0.25, -0.2) is 9.37 Å². The number of carbonyl (C=O) groups is 1. The van der Waals surface area contributed by atoms with Crippen molar-refractivity contribution in [3.63, 3.8) is 0 Å². The van der Waals surface area contributed by atoms with E-state index < -0.39 is 6.04 Å². The van der Waals surface area contributed by atoms with Crippen LogP contribution in [0.5, 0.6) is 11.6 Å². The maximum absolute atomic E-state index is 13.2. The van der Waals surface area contributed by atoms with Gasteiger partial charge in [0.05, 0.1) is 6.04 Å². The number of ether oxygens (including phenoxy) is 1. The Hall–Kier alpha value is -2.47. The molecule has 0 aliphatic carbocycles. The number of halogens is 1. The van der Waals surface area contributed by atoms with E-state index in [1.54, 1.807) is 30.5 Å². The number of nitrogens with one attached hydrogen (secondary N) is 1. The third kappa shape index (κ3) is 5.03. The van der Waals surface area contributed by atoms with Crippen LogP contribution in [0.3, 0.4) is 0 Å². The minimum Gasteiger partial charge on any atom is -0.439 e. The Kier molecular flexibility index (Phi) is 6.05. The minimum absolute atomic E-state index is 0.215. The van der Waals surface area contributed by atoms with Crippen LogP contribution in [-0.4, -0.2) is 16.9 Å². The van der Waals surface area contributed by atoms with Gasteiger partial charge in [-0.15, -0.1) is 0 Å². The Morgan fingerprint density at radius 3 is 2.96 bits per heavy atom. The molecule has 1 unspecified atom stereocenters. The highest BCUT2D eigenvalue weighted by Gasteiger charge is 2.13. The van der Waals surface area contributed by atoms with Crippen molar-refractivity contribution in [2.24, 2.45) is 5.73 Å². The molecule has 1 amide bonds. The quantitative estimate of drug-likeness (QED) is 0.823. The van der Waals surface area contributed by atoms with Crippen molar-refractivity contribution in [1.82, 2.24) is 10.3 Å². The Labute approximate surface area is 134 Å². The third-order valence-corrected chi connectivity index (χ3v) is 3.25. The van der Waals surface area contributed by atoms with Crippen LogP contribution in [0.2, 0.25) is 0 Å². The summed E-state index contributed by atoms with van der Waals surface area (Å²) < 4.78 is 18.8. The predicted molar refractivity (Wildman–Crippen MR) is 85.4 cm³/mol. The molecular formula is C17H20FN3O2. The van der Waals surface area contributed by atoms with Gasteiger partial charge in [0.15, 0.2) is 0 Å². The van der Waals surface area contributed by atoms with E-state index in [-0.39, 0.29) is 18.3 Å². The van der Waals surface area contributed by atoms with Crippen molar-refractivity contribution >= 4 is 5.91 Å². The summed E-state index contributed by atoms with van der Waals surface area (Å²) >= 11 is 0. The zero-order chi connectivity index (χ0) is 16.7. The molecule has 0 bridgehead atoms. The Bertz CT molecular complexity index is 664. The van der Waals surface area contributed by atoms with Gasteiger partial charge in [-0.3, -0.25) is 4.79 Å². The lowest BCUT2D eigenvalue weighted by molar-refractivity contribution is -0.122. The maximum atomic E-state index is 13.2. The highest BCUT2D eigenvalue weighted by atomic mass is 19.1. The topological polar surface area (TPSA) is 77.2 Å². The van der Waals surface area contributed by atoms with Gasteiger partial charge < -0.3 is 15.8 Å². The van der Waals surface area contributed by atoms with Crippen molar-refractivity contribution in [3.05, 3.63) is 54.0 Å². The van der Waals surface area contributed by atoms with Crippen LogP contribution in [0.1, 0.15) is 25.3 Å². The molecular weight excluding hydrogens is 297 g/mol. The number of amides is 1. The minimum atomic E-state index is -0.524. The third-order valence-electron chi connectivity index (χ3n) is 3.25. The van der Waals surface area contributed by atoms with E-state index in [0.29, 0.717) is 23.6 Å². The van der Waals surface area contributed by atoms with Crippen LogP contribution in [-0.2, 0) is 11.3 Å². The first-order chi connectivity index (χ1) is 11.1.